The fraction of sp³-hybridized carbons (Fsp3) is 0.500. The molecule has 0 unspecified atom stereocenters. The standard InChI is InChI=1S/C12H16N6O4/c1-3-5-16(6-4-14-15-13)12-10(17(19)20)7-9(2)8-11(12)18(21)22/h7-8H,3-6H2,1-2H3. The van der Waals surface area contributed by atoms with Gasteiger partial charge in [0, 0.05) is 36.7 Å². The number of hydrogen-bond acceptors (Lipinski definition) is 6. The van der Waals surface area contributed by atoms with E-state index in [4.69, 9.17) is 5.53 Å². The summed E-state index contributed by atoms with van der Waals surface area (Å²) in [6.45, 7) is 4.04. The van der Waals surface area contributed by atoms with Crippen LogP contribution in [0.5, 0.6) is 0 Å². The third-order valence-electron chi connectivity index (χ3n) is 2.95. The van der Waals surface area contributed by atoms with Crippen LogP contribution in [0.2, 0.25) is 0 Å². The maximum Gasteiger partial charge on any atom is 0.299 e. The number of azide groups is 1. The van der Waals surface area contributed by atoms with Crippen LogP contribution in [0.1, 0.15) is 18.9 Å². The molecule has 0 saturated carbocycles. The molecule has 0 heterocycles. The maximum atomic E-state index is 11.3. The summed E-state index contributed by atoms with van der Waals surface area (Å²) in [5.74, 6) is 0. The zero-order valence-electron chi connectivity index (χ0n) is 12.3. The molecule has 0 radical (unpaired) electrons. The number of aryl methyl sites for hydroxylation is 1. The van der Waals surface area contributed by atoms with Crippen molar-refractivity contribution in [3.05, 3.63) is 48.4 Å². The van der Waals surface area contributed by atoms with Crippen LogP contribution in [0.4, 0.5) is 17.1 Å². The van der Waals surface area contributed by atoms with E-state index in [9.17, 15) is 20.2 Å². The average molecular weight is 308 g/mol. The van der Waals surface area contributed by atoms with Crippen LogP contribution in [-0.4, -0.2) is 29.5 Å². The first-order valence-electron chi connectivity index (χ1n) is 6.61. The minimum Gasteiger partial charge on any atom is -0.360 e. The number of rotatable bonds is 8. The van der Waals surface area contributed by atoms with Gasteiger partial charge in [0.1, 0.15) is 0 Å². The van der Waals surface area contributed by atoms with Crippen molar-refractivity contribution in [1.29, 1.82) is 0 Å². The van der Waals surface area contributed by atoms with Gasteiger partial charge in [-0.1, -0.05) is 12.0 Å². The molecule has 0 spiro atoms. The van der Waals surface area contributed by atoms with Crippen molar-refractivity contribution in [3.63, 3.8) is 0 Å². The van der Waals surface area contributed by atoms with Crippen molar-refractivity contribution in [2.45, 2.75) is 20.3 Å². The predicted molar refractivity (Wildman–Crippen MR) is 81.0 cm³/mol. The highest BCUT2D eigenvalue weighted by atomic mass is 16.6. The summed E-state index contributed by atoms with van der Waals surface area (Å²) in [5, 5.41) is 25.9. The smallest absolute Gasteiger partial charge is 0.299 e. The SMILES string of the molecule is CCCN(CCN=[N+]=[N-])c1c([N+](=O)[O-])cc(C)cc1[N+](=O)[O-]. The van der Waals surface area contributed by atoms with Gasteiger partial charge in [-0.2, -0.15) is 0 Å². The molecule has 1 aromatic carbocycles. The van der Waals surface area contributed by atoms with E-state index in [0.29, 0.717) is 18.5 Å². The molecule has 0 amide bonds. The molecule has 1 rings (SSSR count). The van der Waals surface area contributed by atoms with Gasteiger partial charge in [-0.05, 0) is 24.4 Å². The number of anilines is 1. The van der Waals surface area contributed by atoms with Gasteiger partial charge in [-0.25, -0.2) is 0 Å². The van der Waals surface area contributed by atoms with Gasteiger partial charge in [0.25, 0.3) is 11.4 Å². The van der Waals surface area contributed by atoms with Crippen molar-refractivity contribution in [3.8, 4) is 0 Å². The summed E-state index contributed by atoms with van der Waals surface area (Å²) in [4.78, 5) is 25.4. The molecule has 0 aliphatic heterocycles. The molecule has 0 saturated heterocycles. The first-order chi connectivity index (χ1) is 10.4. The number of nitro benzene ring substituents is 2. The van der Waals surface area contributed by atoms with Gasteiger partial charge >= 0.3 is 0 Å². The second-order valence-corrected chi connectivity index (χ2v) is 4.61. The van der Waals surface area contributed by atoms with Crippen LogP contribution in [0, 0.1) is 27.2 Å². The van der Waals surface area contributed by atoms with E-state index in [0.717, 1.165) is 0 Å². The molecule has 0 fully saturated rings. The van der Waals surface area contributed by atoms with Crippen LogP contribution in [0.3, 0.4) is 0 Å². The lowest BCUT2D eigenvalue weighted by molar-refractivity contribution is -0.392. The fourth-order valence-electron chi connectivity index (χ4n) is 2.16. The number of nitro groups is 2. The summed E-state index contributed by atoms with van der Waals surface area (Å²) >= 11 is 0. The normalized spacial score (nSPS) is 9.91. The van der Waals surface area contributed by atoms with Crippen LogP contribution in [0.15, 0.2) is 17.2 Å². The summed E-state index contributed by atoms with van der Waals surface area (Å²) < 4.78 is 0. The summed E-state index contributed by atoms with van der Waals surface area (Å²) in [6, 6.07) is 2.61. The summed E-state index contributed by atoms with van der Waals surface area (Å²) in [5.41, 5.74) is 8.08. The lowest BCUT2D eigenvalue weighted by atomic mass is 10.1. The number of hydrogen-bond donors (Lipinski definition) is 0. The topological polar surface area (TPSA) is 138 Å². The Morgan fingerprint density at radius 1 is 1.23 bits per heavy atom. The van der Waals surface area contributed by atoms with Crippen molar-refractivity contribution < 1.29 is 9.85 Å². The molecule has 22 heavy (non-hydrogen) atoms. The highest BCUT2D eigenvalue weighted by molar-refractivity contribution is 5.76. The van der Waals surface area contributed by atoms with E-state index in [1.54, 1.807) is 6.92 Å². The summed E-state index contributed by atoms with van der Waals surface area (Å²) in [7, 11) is 0. The summed E-state index contributed by atoms with van der Waals surface area (Å²) in [6.07, 6.45) is 0.637. The average Bonchev–Trinajstić information content (AvgIpc) is 2.45. The Labute approximate surface area is 126 Å². The van der Waals surface area contributed by atoms with E-state index in [2.05, 4.69) is 10.0 Å². The van der Waals surface area contributed by atoms with Gasteiger partial charge in [0.05, 0.1) is 9.85 Å². The number of nitrogens with zero attached hydrogens (tertiary/aromatic N) is 6. The van der Waals surface area contributed by atoms with E-state index in [1.807, 2.05) is 6.92 Å². The molecule has 10 heteroatoms. The minimum atomic E-state index is -0.633. The molecular weight excluding hydrogens is 292 g/mol. The Bertz CT molecular complexity index is 591. The molecule has 0 aromatic heterocycles. The van der Waals surface area contributed by atoms with Crippen molar-refractivity contribution in [2.24, 2.45) is 5.11 Å². The van der Waals surface area contributed by atoms with Crippen LogP contribution in [-0.2, 0) is 0 Å². The zero-order chi connectivity index (χ0) is 16.7. The van der Waals surface area contributed by atoms with E-state index in [1.165, 1.54) is 17.0 Å². The Kier molecular flexibility index (Phi) is 6.09. The molecular formula is C12H16N6O4. The second-order valence-electron chi connectivity index (χ2n) is 4.61. The third kappa shape index (κ3) is 4.06. The van der Waals surface area contributed by atoms with Crippen LogP contribution in [0.25, 0.3) is 10.4 Å². The third-order valence-corrected chi connectivity index (χ3v) is 2.95. The lowest BCUT2D eigenvalue weighted by Crippen LogP contribution is -2.28. The van der Waals surface area contributed by atoms with Gasteiger partial charge < -0.3 is 4.90 Å². The van der Waals surface area contributed by atoms with E-state index >= 15 is 0 Å². The zero-order valence-corrected chi connectivity index (χ0v) is 12.3. The molecule has 118 valence electrons. The maximum absolute atomic E-state index is 11.3. The van der Waals surface area contributed by atoms with Crippen molar-refractivity contribution in [1.82, 2.24) is 0 Å². The van der Waals surface area contributed by atoms with Gasteiger partial charge in [0.2, 0.25) is 0 Å². The van der Waals surface area contributed by atoms with Crippen LogP contribution < -0.4 is 4.90 Å². The highest BCUT2D eigenvalue weighted by Gasteiger charge is 2.29. The Hall–Kier alpha value is -2.87. The molecule has 0 aliphatic rings. The molecule has 0 N–H and O–H groups in total. The number of benzene rings is 1. The van der Waals surface area contributed by atoms with Gasteiger partial charge in [-0.15, -0.1) is 0 Å². The quantitative estimate of drug-likeness (QED) is 0.238. The van der Waals surface area contributed by atoms with Crippen molar-refractivity contribution >= 4 is 17.1 Å². The molecule has 10 nitrogen and oxygen atoms in total. The molecule has 1 aromatic rings. The van der Waals surface area contributed by atoms with Crippen LogP contribution >= 0.6 is 0 Å². The fourth-order valence-corrected chi connectivity index (χ4v) is 2.16. The molecule has 0 atom stereocenters. The minimum absolute atomic E-state index is 0.0458. The Morgan fingerprint density at radius 2 is 1.77 bits per heavy atom. The van der Waals surface area contributed by atoms with Gasteiger partial charge in [0.15, 0.2) is 5.69 Å². The predicted octanol–water partition coefficient (Wildman–Crippen LogP) is 3.34. The Balaban J connectivity index is 3.45. The molecule has 0 aliphatic carbocycles. The van der Waals surface area contributed by atoms with E-state index < -0.39 is 9.85 Å². The van der Waals surface area contributed by atoms with Crippen molar-refractivity contribution in [2.75, 3.05) is 24.5 Å². The second kappa shape index (κ2) is 7.79. The monoisotopic (exact) mass is 308 g/mol. The highest BCUT2D eigenvalue weighted by Crippen LogP contribution is 2.38. The first-order valence-corrected chi connectivity index (χ1v) is 6.61. The first kappa shape index (κ1) is 17.2. The largest absolute Gasteiger partial charge is 0.360 e. The van der Waals surface area contributed by atoms with E-state index in [-0.39, 0.29) is 30.2 Å². The van der Waals surface area contributed by atoms with Gasteiger partial charge in [-0.3, -0.25) is 20.2 Å². The lowest BCUT2D eigenvalue weighted by Gasteiger charge is -2.23. The molecule has 0 bridgehead atoms. The Morgan fingerprint density at radius 3 is 2.18 bits per heavy atom.